The molecule has 0 aliphatic heterocycles. The fraction of sp³-hybridized carbons (Fsp3) is 0.133. The van der Waals surface area contributed by atoms with Crippen LogP contribution in [0.4, 0.5) is 0 Å². The first-order valence-electron chi connectivity index (χ1n) is 12.2. The largest absolute Gasteiger partial charge is 0.496 e. The monoisotopic (exact) mass is 503 g/mol. The molecule has 0 fully saturated rings. The second kappa shape index (κ2) is 9.15. The molecule has 38 heavy (non-hydrogen) atoms. The molecule has 0 atom stereocenters. The number of hydrogen-bond donors (Lipinski definition) is 0. The summed E-state index contributed by atoms with van der Waals surface area (Å²) in [6, 6.07) is 20.6. The van der Waals surface area contributed by atoms with Gasteiger partial charge >= 0.3 is 0 Å². The summed E-state index contributed by atoms with van der Waals surface area (Å²) in [6.07, 6.45) is 3.48. The van der Waals surface area contributed by atoms with Gasteiger partial charge in [0, 0.05) is 23.1 Å². The molecule has 0 bridgehead atoms. The Morgan fingerprint density at radius 1 is 0.974 bits per heavy atom. The van der Waals surface area contributed by atoms with Crippen molar-refractivity contribution in [1.82, 2.24) is 19.2 Å². The highest BCUT2D eigenvalue weighted by atomic mass is 16.5. The second-order valence-corrected chi connectivity index (χ2v) is 9.15. The van der Waals surface area contributed by atoms with Gasteiger partial charge in [0.25, 0.3) is 5.56 Å². The van der Waals surface area contributed by atoms with E-state index in [0.717, 1.165) is 33.7 Å². The molecule has 0 saturated heterocycles. The Balaban J connectivity index is 1.52. The standard InChI is InChI=1S/C30H25N5O3/c1-18-12-13-31-28(14-18)34-19(2)15-21(20(34)3)17-32-35-29(33-24-9-6-5-8-22(24)30(35)36)27-16-23-25(37-4)10-7-11-26(23)38-27/h5-17H,1-4H3. The number of methoxy groups -OCH3 is 1. The molecule has 0 aliphatic carbocycles. The Bertz CT molecular complexity index is 1930. The average Bonchev–Trinajstić information content (AvgIpc) is 3.48. The first-order chi connectivity index (χ1) is 18.4. The van der Waals surface area contributed by atoms with Crippen LogP contribution >= 0.6 is 0 Å². The molecule has 8 nitrogen and oxygen atoms in total. The van der Waals surface area contributed by atoms with E-state index in [0.29, 0.717) is 33.8 Å². The van der Waals surface area contributed by atoms with E-state index in [9.17, 15) is 4.79 Å². The van der Waals surface area contributed by atoms with E-state index in [4.69, 9.17) is 14.1 Å². The summed E-state index contributed by atoms with van der Waals surface area (Å²) in [4.78, 5) is 22.9. The van der Waals surface area contributed by atoms with Crippen molar-refractivity contribution in [2.75, 3.05) is 7.11 Å². The average molecular weight is 504 g/mol. The first kappa shape index (κ1) is 23.4. The van der Waals surface area contributed by atoms with E-state index in [-0.39, 0.29) is 5.56 Å². The third-order valence-electron chi connectivity index (χ3n) is 6.63. The predicted octanol–water partition coefficient (Wildman–Crippen LogP) is 5.81. The van der Waals surface area contributed by atoms with Crippen LogP contribution in [0.2, 0.25) is 0 Å². The summed E-state index contributed by atoms with van der Waals surface area (Å²) in [5, 5.41) is 5.89. The van der Waals surface area contributed by atoms with Gasteiger partial charge in [0.05, 0.1) is 29.6 Å². The molecule has 0 radical (unpaired) electrons. The van der Waals surface area contributed by atoms with Crippen molar-refractivity contribution in [3.63, 3.8) is 0 Å². The number of para-hydroxylation sites is 1. The van der Waals surface area contributed by atoms with E-state index in [1.165, 1.54) is 4.68 Å². The maximum atomic E-state index is 13.6. The minimum Gasteiger partial charge on any atom is -0.496 e. The van der Waals surface area contributed by atoms with Crippen LogP contribution < -0.4 is 10.3 Å². The number of fused-ring (bicyclic) bond motifs is 2. The van der Waals surface area contributed by atoms with Gasteiger partial charge in [0.1, 0.15) is 17.2 Å². The number of aryl methyl sites for hydroxylation is 2. The number of pyridine rings is 1. The molecular weight excluding hydrogens is 478 g/mol. The number of ether oxygens (including phenoxy) is 1. The number of rotatable bonds is 5. The summed E-state index contributed by atoms with van der Waals surface area (Å²) in [5.74, 6) is 2.23. The molecule has 0 saturated carbocycles. The highest BCUT2D eigenvalue weighted by Gasteiger charge is 2.18. The van der Waals surface area contributed by atoms with E-state index in [1.54, 1.807) is 31.7 Å². The van der Waals surface area contributed by atoms with Crippen molar-refractivity contribution in [2.24, 2.45) is 5.10 Å². The molecule has 0 N–H and O–H groups in total. The normalized spacial score (nSPS) is 11.7. The number of benzene rings is 2. The van der Waals surface area contributed by atoms with Gasteiger partial charge in [0.15, 0.2) is 5.76 Å². The molecule has 8 heteroatoms. The summed E-state index contributed by atoms with van der Waals surface area (Å²) in [7, 11) is 1.61. The first-order valence-corrected chi connectivity index (χ1v) is 12.2. The quantitative estimate of drug-likeness (QED) is 0.277. The zero-order valence-corrected chi connectivity index (χ0v) is 21.5. The van der Waals surface area contributed by atoms with Crippen molar-refractivity contribution in [2.45, 2.75) is 20.8 Å². The highest BCUT2D eigenvalue weighted by molar-refractivity contribution is 5.89. The Kier molecular flexibility index (Phi) is 5.64. The van der Waals surface area contributed by atoms with Crippen LogP contribution in [0.5, 0.6) is 5.75 Å². The molecular formula is C30H25N5O3. The van der Waals surface area contributed by atoms with E-state index in [2.05, 4.69) is 14.7 Å². The van der Waals surface area contributed by atoms with Crippen molar-refractivity contribution in [3.05, 3.63) is 106 Å². The molecule has 0 amide bonds. The van der Waals surface area contributed by atoms with Crippen molar-refractivity contribution < 1.29 is 9.15 Å². The van der Waals surface area contributed by atoms with Gasteiger partial charge in [-0.25, -0.2) is 9.97 Å². The molecule has 6 aromatic rings. The highest BCUT2D eigenvalue weighted by Crippen LogP contribution is 2.33. The third kappa shape index (κ3) is 3.87. The van der Waals surface area contributed by atoms with Gasteiger partial charge in [-0.2, -0.15) is 9.78 Å². The van der Waals surface area contributed by atoms with Crippen molar-refractivity contribution >= 4 is 28.1 Å². The molecule has 188 valence electrons. The van der Waals surface area contributed by atoms with Gasteiger partial charge in [0.2, 0.25) is 5.82 Å². The number of aromatic nitrogens is 4. The molecule has 2 aromatic carbocycles. The Morgan fingerprint density at radius 2 is 1.82 bits per heavy atom. The summed E-state index contributed by atoms with van der Waals surface area (Å²) < 4.78 is 15.0. The number of nitrogens with zero attached hydrogens (tertiary/aromatic N) is 5. The van der Waals surface area contributed by atoms with E-state index >= 15 is 0 Å². The minimum atomic E-state index is -0.288. The predicted molar refractivity (Wildman–Crippen MR) is 149 cm³/mol. The van der Waals surface area contributed by atoms with Crippen LogP contribution in [-0.2, 0) is 0 Å². The lowest BCUT2D eigenvalue weighted by Crippen LogP contribution is -2.20. The molecule has 4 aromatic heterocycles. The Labute approximate surface area is 218 Å². The molecule has 0 aliphatic rings. The fourth-order valence-electron chi connectivity index (χ4n) is 4.75. The van der Waals surface area contributed by atoms with Gasteiger partial charge in [-0.15, -0.1) is 0 Å². The van der Waals surface area contributed by atoms with Crippen LogP contribution in [-0.4, -0.2) is 32.5 Å². The number of hydrogen-bond acceptors (Lipinski definition) is 6. The van der Waals surface area contributed by atoms with Gasteiger partial charge in [-0.05, 0) is 74.9 Å². The zero-order chi connectivity index (χ0) is 26.4. The minimum absolute atomic E-state index is 0.288. The lowest BCUT2D eigenvalue weighted by Gasteiger charge is -2.09. The van der Waals surface area contributed by atoms with Crippen LogP contribution in [0.25, 0.3) is 39.3 Å². The Hall–Kier alpha value is -4.98. The molecule has 0 spiro atoms. The van der Waals surface area contributed by atoms with Gasteiger partial charge < -0.3 is 13.7 Å². The lowest BCUT2D eigenvalue weighted by atomic mass is 10.2. The molecule has 0 unspecified atom stereocenters. The summed E-state index contributed by atoms with van der Waals surface area (Å²) >= 11 is 0. The second-order valence-electron chi connectivity index (χ2n) is 9.15. The summed E-state index contributed by atoms with van der Waals surface area (Å²) in [5.41, 5.74) is 4.86. The maximum absolute atomic E-state index is 13.6. The third-order valence-corrected chi connectivity index (χ3v) is 6.63. The van der Waals surface area contributed by atoms with E-state index in [1.807, 2.05) is 75.4 Å². The van der Waals surface area contributed by atoms with Crippen LogP contribution in [0.3, 0.4) is 0 Å². The summed E-state index contributed by atoms with van der Waals surface area (Å²) in [6.45, 7) is 6.06. The van der Waals surface area contributed by atoms with Crippen LogP contribution in [0, 0.1) is 20.8 Å². The van der Waals surface area contributed by atoms with Crippen LogP contribution in [0.15, 0.2) is 87.2 Å². The van der Waals surface area contributed by atoms with Crippen molar-refractivity contribution in [3.8, 4) is 23.2 Å². The lowest BCUT2D eigenvalue weighted by molar-refractivity contribution is 0.419. The Morgan fingerprint density at radius 3 is 2.63 bits per heavy atom. The molecule has 4 heterocycles. The number of furan rings is 1. The van der Waals surface area contributed by atoms with E-state index < -0.39 is 0 Å². The maximum Gasteiger partial charge on any atom is 0.282 e. The van der Waals surface area contributed by atoms with Gasteiger partial charge in [-0.3, -0.25) is 4.79 Å². The zero-order valence-electron chi connectivity index (χ0n) is 21.5. The smallest absolute Gasteiger partial charge is 0.282 e. The van der Waals surface area contributed by atoms with Crippen LogP contribution in [0.1, 0.15) is 22.5 Å². The fourth-order valence-corrected chi connectivity index (χ4v) is 4.75. The topological polar surface area (TPSA) is 87.4 Å². The SMILES string of the molecule is COc1cccc2oc(-c3nc4ccccc4c(=O)n3N=Cc3cc(C)n(-c4cc(C)ccn4)c3C)cc12. The molecule has 6 rings (SSSR count). The van der Waals surface area contributed by atoms with Gasteiger partial charge in [-0.1, -0.05) is 18.2 Å². The van der Waals surface area contributed by atoms with Crippen molar-refractivity contribution in [1.29, 1.82) is 0 Å².